The molecule has 130 valence electrons. The Morgan fingerprint density at radius 1 is 1.40 bits per heavy atom. The molecular weight excluding hydrogens is 323 g/mol. The Morgan fingerprint density at radius 2 is 2.16 bits per heavy atom. The summed E-state index contributed by atoms with van der Waals surface area (Å²) in [6, 6.07) is 4.66. The minimum absolute atomic E-state index is 0.229. The lowest BCUT2D eigenvalue weighted by molar-refractivity contribution is 0.0273. The Labute approximate surface area is 145 Å². The summed E-state index contributed by atoms with van der Waals surface area (Å²) in [5, 5.41) is 9.43. The summed E-state index contributed by atoms with van der Waals surface area (Å²) in [6.07, 6.45) is 3.65. The minimum Gasteiger partial charge on any atom is -0.462 e. The Morgan fingerprint density at radius 3 is 2.84 bits per heavy atom. The third-order valence-corrected chi connectivity index (χ3v) is 3.94. The standard InChI is InChI=1S/C19H19FN2O3/c1-19(2,3)25-18(23)22-8-4-5-13(10-22)14-11-24-17-12(9-21)6-7-15(20)16(14)17/h5-7,11H,4,8,10H2,1-3H3. The van der Waals surface area contributed by atoms with E-state index in [1.807, 2.05) is 32.9 Å². The predicted octanol–water partition coefficient (Wildman–Crippen LogP) is 4.47. The zero-order valence-electron chi connectivity index (χ0n) is 14.4. The number of nitriles is 1. The topological polar surface area (TPSA) is 66.5 Å². The zero-order valence-corrected chi connectivity index (χ0v) is 14.4. The van der Waals surface area contributed by atoms with Crippen molar-refractivity contribution in [2.24, 2.45) is 0 Å². The van der Waals surface area contributed by atoms with Crippen LogP contribution in [0.4, 0.5) is 9.18 Å². The van der Waals surface area contributed by atoms with Crippen molar-refractivity contribution in [2.45, 2.75) is 32.8 Å². The van der Waals surface area contributed by atoms with Crippen LogP contribution in [0.2, 0.25) is 0 Å². The molecule has 0 spiro atoms. The first kappa shape index (κ1) is 17.0. The number of hydrogen-bond acceptors (Lipinski definition) is 4. The fourth-order valence-corrected chi connectivity index (χ4v) is 2.85. The average Bonchev–Trinajstić information content (AvgIpc) is 3.00. The van der Waals surface area contributed by atoms with E-state index in [-0.39, 0.29) is 16.5 Å². The molecule has 1 amide bonds. The van der Waals surface area contributed by atoms with E-state index in [9.17, 15) is 9.18 Å². The summed E-state index contributed by atoms with van der Waals surface area (Å²) in [6.45, 7) is 6.29. The number of amides is 1. The maximum absolute atomic E-state index is 14.3. The average molecular weight is 342 g/mol. The summed E-state index contributed by atoms with van der Waals surface area (Å²) in [4.78, 5) is 13.9. The van der Waals surface area contributed by atoms with Gasteiger partial charge in [-0.25, -0.2) is 9.18 Å². The van der Waals surface area contributed by atoms with Gasteiger partial charge in [0.1, 0.15) is 17.5 Å². The molecule has 2 heterocycles. The molecule has 1 aromatic heterocycles. The molecule has 5 nitrogen and oxygen atoms in total. The molecule has 0 bridgehead atoms. The second kappa shape index (κ2) is 6.25. The molecule has 6 heteroatoms. The molecule has 3 rings (SSSR count). The Hall–Kier alpha value is -2.81. The van der Waals surface area contributed by atoms with Gasteiger partial charge >= 0.3 is 6.09 Å². The maximum atomic E-state index is 14.3. The Kier molecular flexibility index (Phi) is 4.25. The number of rotatable bonds is 1. The molecule has 1 aliphatic rings. The van der Waals surface area contributed by atoms with Crippen LogP contribution in [0, 0.1) is 17.1 Å². The van der Waals surface area contributed by atoms with Crippen LogP contribution in [0.25, 0.3) is 16.5 Å². The van der Waals surface area contributed by atoms with Crippen LogP contribution in [0.3, 0.4) is 0 Å². The third-order valence-electron chi connectivity index (χ3n) is 3.94. The third kappa shape index (κ3) is 3.36. The van der Waals surface area contributed by atoms with Crippen LogP contribution in [-0.2, 0) is 4.74 Å². The van der Waals surface area contributed by atoms with E-state index in [0.717, 1.165) is 5.57 Å². The molecule has 2 aromatic rings. The fourth-order valence-electron chi connectivity index (χ4n) is 2.85. The quantitative estimate of drug-likeness (QED) is 0.767. The van der Waals surface area contributed by atoms with E-state index >= 15 is 0 Å². The van der Waals surface area contributed by atoms with Gasteiger partial charge in [-0.3, -0.25) is 0 Å². The Balaban J connectivity index is 1.93. The highest BCUT2D eigenvalue weighted by Gasteiger charge is 2.26. The number of ether oxygens (including phenoxy) is 1. The number of carbonyl (C=O) groups is 1. The van der Waals surface area contributed by atoms with Crippen molar-refractivity contribution in [3.8, 4) is 6.07 Å². The van der Waals surface area contributed by atoms with Crippen molar-refractivity contribution in [2.75, 3.05) is 13.1 Å². The van der Waals surface area contributed by atoms with Crippen molar-refractivity contribution in [3.05, 3.63) is 41.4 Å². The predicted molar refractivity (Wildman–Crippen MR) is 91.3 cm³/mol. The van der Waals surface area contributed by atoms with Crippen LogP contribution in [0.15, 0.2) is 28.9 Å². The molecule has 0 atom stereocenters. The molecule has 0 saturated carbocycles. The first-order valence-electron chi connectivity index (χ1n) is 8.07. The monoisotopic (exact) mass is 342 g/mol. The number of hydrogen-bond donors (Lipinski definition) is 0. The summed E-state index contributed by atoms with van der Waals surface area (Å²) in [5.74, 6) is -0.451. The molecule has 0 saturated heterocycles. The van der Waals surface area contributed by atoms with Gasteiger partial charge in [-0.05, 0) is 44.9 Å². The van der Waals surface area contributed by atoms with E-state index in [2.05, 4.69) is 0 Å². The fraction of sp³-hybridized carbons (Fsp3) is 0.368. The van der Waals surface area contributed by atoms with Crippen LogP contribution in [-0.4, -0.2) is 29.7 Å². The number of carbonyl (C=O) groups excluding carboxylic acids is 1. The van der Waals surface area contributed by atoms with Gasteiger partial charge in [0.15, 0.2) is 5.58 Å². The smallest absolute Gasteiger partial charge is 0.410 e. The molecule has 0 N–H and O–H groups in total. The second-order valence-electron chi connectivity index (χ2n) is 6.98. The van der Waals surface area contributed by atoms with Gasteiger partial charge in [-0.1, -0.05) is 6.08 Å². The minimum atomic E-state index is -0.575. The summed E-state index contributed by atoms with van der Waals surface area (Å²) in [7, 11) is 0. The normalized spacial score (nSPS) is 15.0. The van der Waals surface area contributed by atoms with Crippen molar-refractivity contribution in [1.82, 2.24) is 4.90 Å². The van der Waals surface area contributed by atoms with Gasteiger partial charge < -0.3 is 14.1 Å². The highest BCUT2D eigenvalue weighted by Crippen LogP contribution is 2.33. The largest absolute Gasteiger partial charge is 0.462 e. The molecule has 0 aliphatic carbocycles. The molecule has 0 unspecified atom stereocenters. The van der Waals surface area contributed by atoms with E-state index in [4.69, 9.17) is 14.4 Å². The lowest BCUT2D eigenvalue weighted by Gasteiger charge is -2.30. The van der Waals surface area contributed by atoms with Crippen LogP contribution in [0.5, 0.6) is 0 Å². The van der Waals surface area contributed by atoms with Gasteiger partial charge in [0.05, 0.1) is 17.2 Å². The number of halogens is 1. The molecular formula is C19H19FN2O3. The van der Waals surface area contributed by atoms with Gasteiger partial charge in [0.25, 0.3) is 0 Å². The first-order valence-corrected chi connectivity index (χ1v) is 8.07. The van der Waals surface area contributed by atoms with Crippen LogP contribution >= 0.6 is 0 Å². The number of fused-ring (bicyclic) bond motifs is 1. The van der Waals surface area contributed by atoms with Crippen LogP contribution in [0.1, 0.15) is 38.3 Å². The summed E-state index contributed by atoms with van der Waals surface area (Å²) in [5.41, 5.74) is 1.28. The van der Waals surface area contributed by atoms with E-state index in [0.29, 0.717) is 25.1 Å². The van der Waals surface area contributed by atoms with Gasteiger partial charge in [0.2, 0.25) is 0 Å². The van der Waals surface area contributed by atoms with Crippen molar-refractivity contribution in [3.63, 3.8) is 0 Å². The van der Waals surface area contributed by atoms with Gasteiger partial charge in [-0.15, -0.1) is 0 Å². The van der Waals surface area contributed by atoms with Gasteiger partial charge in [-0.2, -0.15) is 5.26 Å². The summed E-state index contributed by atoms with van der Waals surface area (Å²) >= 11 is 0. The van der Waals surface area contributed by atoms with E-state index in [1.165, 1.54) is 18.4 Å². The molecule has 25 heavy (non-hydrogen) atoms. The second-order valence-corrected chi connectivity index (χ2v) is 6.98. The zero-order chi connectivity index (χ0) is 18.2. The van der Waals surface area contributed by atoms with Crippen molar-refractivity contribution < 1.29 is 18.3 Å². The summed E-state index contributed by atoms with van der Waals surface area (Å²) < 4.78 is 25.2. The number of nitrogens with zero attached hydrogens (tertiary/aromatic N) is 2. The SMILES string of the molecule is CC(C)(C)OC(=O)N1CCC=C(c2coc3c(C#N)ccc(F)c23)C1. The lowest BCUT2D eigenvalue weighted by Crippen LogP contribution is -2.39. The van der Waals surface area contributed by atoms with Gasteiger partial charge in [0, 0.05) is 18.7 Å². The maximum Gasteiger partial charge on any atom is 0.410 e. The van der Waals surface area contributed by atoms with E-state index in [1.54, 1.807) is 4.90 Å². The Bertz CT molecular complexity index is 900. The number of furan rings is 1. The van der Waals surface area contributed by atoms with E-state index < -0.39 is 17.5 Å². The number of benzene rings is 1. The van der Waals surface area contributed by atoms with Crippen molar-refractivity contribution in [1.29, 1.82) is 5.26 Å². The lowest BCUT2D eigenvalue weighted by atomic mass is 9.99. The molecule has 1 aliphatic heterocycles. The molecule has 0 fully saturated rings. The highest BCUT2D eigenvalue weighted by molar-refractivity contribution is 5.95. The first-order chi connectivity index (χ1) is 11.8. The molecule has 1 aromatic carbocycles. The van der Waals surface area contributed by atoms with Crippen molar-refractivity contribution >= 4 is 22.6 Å². The molecule has 0 radical (unpaired) electrons. The van der Waals surface area contributed by atoms with Crippen LogP contribution < -0.4 is 0 Å². The highest BCUT2D eigenvalue weighted by atomic mass is 19.1.